The van der Waals surface area contributed by atoms with Gasteiger partial charge in [-0.25, -0.2) is 8.78 Å². The van der Waals surface area contributed by atoms with E-state index in [0.717, 1.165) is 6.42 Å². The van der Waals surface area contributed by atoms with Gasteiger partial charge in [-0.15, -0.1) is 0 Å². The molecule has 7 N–H and O–H groups in total. The van der Waals surface area contributed by atoms with Gasteiger partial charge in [-0.3, -0.25) is 0 Å². The molecule has 0 fully saturated rings. The van der Waals surface area contributed by atoms with Crippen molar-refractivity contribution in [2.24, 2.45) is 29.0 Å². The van der Waals surface area contributed by atoms with Crippen molar-refractivity contribution in [2.45, 2.75) is 72.6 Å². The van der Waals surface area contributed by atoms with Crippen molar-refractivity contribution >= 4 is 23.2 Å². The zero-order chi connectivity index (χ0) is 30.0. The van der Waals surface area contributed by atoms with Crippen LogP contribution in [-0.4, -0.2) is 17.5 Å². The number of hydrogen-bond donors (Lipinski definition) is 4. The van der Waals surface area contributed by atoms with E-state index >= 15 is 0 Å². The third-order valence-electron chi connectivity index (χ3n) is 6.52. The van der Waals surface area contributed by atoms with Crippen LogP contribution in [-0.2, 0) is 0 Å². The van der Waals surface area contributed by atoms with E-state index in [1.807, 2.05) is 24.0 Å². The van der Waals surface area contributed by atoms with E-state index in [-0.39, 0.29) is 11.6 Å². The zero-order valence-electron chi connectivity index (χ0n) is 25.0. The summed E-state index contributed by atoms with van der Waals surface area (Å²) in [5.41, 5.74) is 20.3. The number of hydrogen-bond acceptors (Lipinski definition) is 5. The minimum Gasteiger partial charge on any atom is -0.403 e. The van der Waals surface area contributed by atoms with Crippen molar-refractivity contribution < 1.29 is 8.78 Å². The molecular weight excluding hydrogens is 510 g/mol. The van der Waals surface area contributed by atoms with Crippen LogP contribution in [0.25, 0.3) is 11.4 Å². The van der Waals surface area contributed by atoms with Crippen molar-refractivity contribution in [1.82, 2.24) is 5.32 Å². The average molecular weight is 561 g/mol. The highest BCUT2D eigenvalue weighted by Gasteiger charge is 2.25. The molecule has 218 valence electrons. The summed E-state index contributed by atoms with van der Waals surface area (Å²) in [4.78, 5) is 0. The fourth-order valence-electron chi connectivity index (χ4n) is 3.70. The van der Waals surface area contributed by atoms with E-state index in [1.54, 1.807) is 18.2 Å². The van der Waals surface area contributed by atoms with Crippen molar-refractivity contribution in [2.75, 3.05) is 6.26 Å². The van der Waals surface area contributed by atoms with Crippen molar-refractivity contribution in [3.8, 4) is 0 Å². The van der Waals surface area contributed by atoms with Gasteiger partial charge in [0.15, 0.2) is 0 Å². The molecule has 0 saturated carbocycles. The lowest BCUT2D eigenvalue weighted by Crippen LogP contribution is -2.42. The van der Waals surface area contributed by atoms with E-state index in [2.05, 4.69) is 66.1 Å². The molecule has 0 bridgehead atoms. The highest BCUT2D eigenvalue weighted by molar-refractivity contribution is 7.99. The van der Waals surface area contributed by atoms with Crippen LogP contribution in [0.1, 0.15) is 72.4 Å². The Labute approximate surface area is 240 Å². The zero-order valence-corrected chi connectivity index (χ0v) is 25.8. The van der Waals surface area contributed by atoms with Gasteiger partial charge < -0.3 is 22.5 Å². The maximum absolute atomic E-state index is 13.3. The molecule has 2 aromatic rings. The van der Waals surface area contributed by atoms with Gasteiger partial charge in [0.1, 0.15) is 11.6 Å². The SMILES string of the molecule is CCC(C)C(C)C(N/C=C(\N)c1cccc(F)c1)C(C)SC.CCC=C(C)C.N/C=C(\N)c1cccc(F)c1. The van der Waals surface area contributed by atoms with E-state index in [1.165, 1.54) is 42.5 Å². The summed E-state index contributed by atoms with van der Waals surface area (Å²) >= 11 is 1.85. The highest BCUT2D eigenvalue weighted by atomic mass is 32.2. The predicted octanol–water partition coefficient (Wildman–Crippen LogP) is 7.88. The Kier molecular flexibility index (Phi) is 18.5. The quantitative estimate of drug-likeness (QED) is 0.222. The maximum atomic E-state index is 13.3. The molecule has 0 aliphatic rings. The second-order valence-corrected chi connectivity index (χ2v) is 11.0. The number of halogens is 2. The molecule has 4 atom stereocenters. The lowest BCUT2D eigenvalue weighted by Gasteiger charge is -2.32. The van der Waals surface area contributed by atoms with Crippen LogP contribution in [0.3, 0.4) is 0 Å². The molecule has 4 nitrogen and oxygen atoms in total. The first-order valence-electron chi connectivity index (χ1n) is 13.5. The van der Waals surface area contributed by atoms with Crippen LogP contribution in [0.4, 0.5) is 8.78 Å². The summed E-state index contributed by atoms with van der Waals surface area (Å²) < 4.78 is 25.8. The summed E-state index contributed by atoms with van der Waals surface area (Å²) in [6.45, 7) is 15.4. The van der Waals surface area contributed by atoms with Crippen LogP contribution < -0.4 is 22.5 Å². The molecule has 2 rings (SSSR count). The smallest absolute Gasteiger partial charge is 0.123 e. The van der Waals surface area contributed by atoms with Crippen molar-refractivity contribution in [1.29, 1.82) is 0 Å². The number of nitrogens with one attached hydrogen (secondary N) is 1. The summed E-state index contributed by atoms with van der Waals surface area (Å²) in [5.74, 6) is 0.586. The number of nitrogens with two attached hydrogens (primary N) is 3. The van der Waals surface area contributed by atoms with Crippen LogP contribution in [0.15, 0.2) is 72.6 Å². The molecule has 0 amide bonds. The third kappa shape index (κ3) is 14.7. The molecule has 2 aromatic carbocycles. The lowest BCUT2D eigenvalue weighted by molar-refractivity contribution is 0.293. The fraction of sp³-hybridized carbons (Fsp3) is 0.438. The van der Waals surface area contributed by atoms with Crippen LogP contribution >= 0.6 is 11.8 Å². The third-order valence-corrected chi connectivity index (χ3v) is 7.56. The first-order valence-corrected chi connectivity index (χ1v) is 14.8. The summed E-state index contributed by atoms with van der Waals surface area (Å²) in [5, 5.41) is 3.95. The van der Waals surface area contributed by atoms with Gasteiger partial charge in [0, 0.05) is 34.8 Å². The molecule has 0 heterocycles. The van der Waals surface area contributed by atoms with Gasteiger partial charge in [-0.05, 0) is 62.6 Å². The van der Waals surface area contributed by atoms with E-state index in [9.17, 15) is 8.78 Å². The molecule has 0 aliphatic carbocycles. The second-order valence-electron chi connectivity index (χ2n) is 9.81. The van der Waals surface area contributed by atoms with Crippen LogP contribution in [0.2, 0.25) is 0 Å². The number of allylic oxidation sites excluding steroid dienone is 2. The fourth-order valence-corrected chi connectivity index (χ4v) is 4.32. The normalized spacial score (nSPS) is 14.4. The Morgan fingerprint density at radius 3 is 1.79 bits per heavy atom. The largest absolute Gasteiger partial charge is 0.403 e. The van der Waals surface area contributed by atoms with Gasteiger partial charge in [0.25, 0.3) is 0 Å². The summed E-state index contributed by atoms with van der Waals surface area (Å²) in [6, 6.07) is 12.7. The first-order chi connectivity index (χ1) is 18.4. The molecular formula is C32H50F2N4S. The molecule has 0 spiro atoms. The summed E-state index contributed by atoms with van der Waals surface area (Å²) in [7, 11) is 0. The van der Waals surface area contributed by atoms with Gasteiger partial charge in [0.05, 0.1) is 11.4 Å². The molecule has 0 aromatic heterocycles. The standard InChI is InChI=1S/C18H29FN2S.C8H9FN2.C6H12/c1-6-12(2)13(3)18(14(4)22-5)21-11-17(20)15-8-7-9-16(19)10-15;9-7-3-1-2-6(4-7)8(11)5-10;1-4-5-6(2)3/h7-14,18,21H,6,20H2,1-5H3;1-5H,10-11H2;5H,4H2,1-3H3/b17-11-;8-5-;. The molecule has 7 heteroatoms. The number of thioether (sulfide) groups is 1. The lowest BCUT2D eigenvalue weighted by atomic mass is 9.86. The van der Waals surface area contributed by atoms with E-state index in [4.69, 9.17) is 17.2 Å². The van der Waals surface area contributed by atoms with Gasteiger partial charge in [-0.1, -0.05) is 77.0 Å². The molecule has 39 heavy (non-hydrogen) atoms. The van der Waals surface area contributed by atoms with E-state index < -0.39 is 0 Å². The molecule has 0 saturated heterocycles. The molecule has 0 radical (unpaired) electrons. The molecule has 4 unspecified atom stereocenters. The number of rotatable bonds is 10. The second kappa shape index (κ2) is 20.0. The van der Waals surface area contributed by atoms with Crippen molar-refractivity contribution in [3.05, 3.63) is 95.3 Å². The number of benzene rings is 2. The van der Waals surface area contributed by atoms with Gasteiger partial charge in [0.2, 0.25) is 0 Å². The molecule has 0 aliphatic heterocycles. The minimum atomic E-state index is -0.313. The Morgan fingerprint density at radius 2 is 1.44 bits per heavy atom. The van der Waals surface area contributed by atoms with Crippen LogP contribution in [0.5, 0.6) is 0 Å². The monoisotopic (exact) mass is 560 g/mol. The summed E-state index contributed by atoms with van der Waals surface area (Å²) in [6.07, 6.45) is 9.73. The Balaban J connectivity index is 0.000000699. The Hall–Kier alpha value is -2.93. The Bertz CT molecular complexity index is 1050. The topological polar surface area (TPSA) is 90.1 Å². The average Bonchev–Trinajstić information content (AvgIpc) is 2.92. The Morgan fingerprint density at radius 1 is 0.923 bits per heavy atom. The van der Waals surface area contributed by atoms with E-state index in [0.29, 0.717) is 45.6 Å². The first kappa shape index (κ1) is 36.1. The van der Waals surface area contributed by atoms with Gasteiger partial charge >= 0.3 is 0 Å². The van der Waals surface area contributed by atoms with Crippen molar-refractivity contribution in [3.63, 3.8) is 0 Å². The van der Waals surface area contributed by atoms with Gasteiger partial charge in [-0.2, -0.15) is 11.8 Å². The predicted molar refractivity (Wildman–Crippen MR) is 170 cm³/mol. The van der Waals surface area contributed by atoms with Crippen LogP contribution in [0, 0.1) is 23.5 Å². The highest BCUT2D eigenvalue weighted by Crippen LogP contribution is 2.25. The minimum absolute atomic E-state index is 0.268. The maximum Gasteiger partial charge on any atom is 0.123 e.